The van der Waals surface area contributed by atoms with Gasteiger partial charge < -0.3 is 10.1 Å². The van der Waals surface area contributed by atoms with Crippen LogP contribution in [0.5, 0.6) is 0 Å². The number of amides is 1. The second kappa shape index (κ2) is 5.31. The van der Waals surface area contributed by atoms with E-state index in [1.54, 1.807) is 12.1 Å². The van der Waals surface area contributed by atoms with Crippen molar-refractivity contribution in [3.8, 4) is 0 Å². The summed E-state index contributed by atoms with van der Waals surface area (Å²) in [4.78, 5) is 24.0. The molecule has 5 heteroatoms. The second-order valence-corrected chi connectivity index (χ2v) is 5.01. The van der Waals surface area contributed by atoms with Gasteiger partial charge in [-0.15, -0.1) is 11.3 Å². The van der Waals surface area contributed by atoms with E-state index in [2.05, 4.69) is 5.32 Å². The van der Waals surface area contributed by atoms with Crippen molar-refractivity contribution in [2.75, 3.05) is 0 Å². The number of nitrogens with one attached hydrogen (secondary N) is 1. The van der Waals surface area contributed by atoms with Crippen LogP contribution in [0.25, 0.3) is 0 Å². The molecule has 1 atom stereocenters. The summed E-state index contributed by atoms with van der Waals surface area (Å²) in [5.74, 6) is -0.599. The average Bonchev–Trinajstić information content (AvgIpc) is 2.97. The van der Waals surface area contributed by atoms with Crippen LogP contribution in [-0.4, -0.2) is 24.0 Å². The van der Waals surface area contributed by atoms with E-state index in [0.717, 1.165) is 12.8 Å². The van der Waals surface area contributed by atoms with Gasteiger partial charge in [-0.3, -0.25) is 4.79 Å². The van der Waals surface area contributed by atoms with E-state index >= 15 is 0 Å². The van der Waals surface area contributed by atoms with Crippen LogP contribution in [0.15, 0.2) is 17.5 Å². The zero-order valence-electron chi connectivity index (χ0n) is 9.64. The minimum absolute atomic E-state index is 0.181. The van der Waals surface area contributed by atoms with Crippen LogP contribution < -0.4 is 5.32 Å². The first-order valence-corrected chi connectivity index (χ1v) is 6.63. The van der Waals surface area contributed by atoms with Crippen LogP contribution in [0.1, 0.15) is 35.9 Å². The Morgan fingerprint density at radius 3 is 2.88 bits per heavy atom. The third-order valence-electron chi connectivity index (χ3n) is 2.56. The maximum atomic E-state index is 11.7. The molecule has 4 nitrogen and oxygen atoms in total. The Labute approximate surface area is 104 Å². The average molecular weight is 253 g/mol. The highest BCUT2D eigenvalue weighted by molar-refractivity contribution is 7.11. The predicted molar refractivity (Wildman–Crippen MR) is 65.0 cm³/mol. The summed E-state index contributed by atoms with van der Waals surface area (Å²) in [5.41, 5.74) is 0. The molecule has 2 rings (SSSR count). The molecule has 1 fully saturated rings. The highest BCUT2D eigenvalue weighted by atomic mass is 32.1. The number of rotatable bonds is 5. The van der Waals surface area contributed by atoms with Crippen LogP contribution in [0.4, 0.5) is 0 Å². The standard InChI is InChI=1S/C12H15NO3S/c1-2-9(11(14)13-8-5-6-8)16-12(15)10-4-3-7-17-10/h3-4,7-9H,2,5-6H2,1H3,(H,13,14)/t9-/m0/s1. The molecule has 0 spiro atoms. The second-order valence-electron chi connectivity index (χ2n) is 4.06. The molecular formula is C12H15NO3S. The largest absolute Gasteiger partial charge is 0.448 e. The Bertz CT molecular complexity index is 398. The van der Waals surface area contributed by atoms with Crippen molar-refractivity contribution < 1.29 is 14.3 Å². The maximum Gasteiger partial charge on any atom is 0.349 e. The number of carbonyl (C=O) groups is 2. The summed E-state index contributed by atoms with van der Waals surface area (Å²) in [6.07, 6.45) is 1.88. The van der Waals surface area contributed by atoms with Crippen molar-refractivity contribution in [3.05, 3.63) is 22.4 Å². The molecule has 0 saturated heterocycles. The number of ether oxygens (including phenoxy) is 1. The first kappa shape index (κ1) is 12.1. The van der Waals surface area contributed by atoms with Crippen LogP contribution in [0, 0.1) is 0 Å². The Morgan fingerprint density at radius 2 is 2.35 bits per heavy atom. The van der Waals surface area contributed by atoms with Gasteiger partial charge in [-0.25, -0.2) is 4.79 Å². The minimum Gasteiger partial charge on any atom is -0.448 e. The van der Waals surface area contributed by atoms with Crippen LogP contribution in [0.3, 0.4) is 0 Å². The Hall–Kier alpha value is -1.36. The molecule has 1 aliphatic rings. The normalized spacial score (nSPS) is 16.3. The van der Waals surface area contributed by atoms with Gasteiger partial charge in [0.1, 0.15) is 4.88 Å². The molecule has 1 amide bonds. The van der Waals surface area contributed by atoms with E-state index in [1.165, 1.54) is 11.3 Å². The highest BCUT2D eigenvalue weighted by Gasteiger charge is 2.28. The topological polar surface area (TPSA) is 55.4 Å². The van der Waals surface area contributed by atoms with Gasteiger partial charge in [-0.2, -0.15) is 0 Å². The Morgan fingerprint density at radius 1 is 1.59 bits per heavy atom. The summed E-state index contributed by atoms with van der Waals surface area (Å²) in [6, 6.07) is 3.77. The van der Waals surface area contributed by atoms with E-state index in [9.17, 15) is 9.59 Å². The summed E-state index contributed by atoms with van der Waals surface area (Å²) in [7, 11) is 0. The third kappa shape index (κ3) is 3.30. The fourth-order valence-corrected chi connectivity index (χ4v) is 2.03. The number of thiophene rings is 1. The Balaban J connectivity index is 1.89. The van der Waals surface area contributed by atoms with E-state index in [0.29, 0.717) is 11.3 Å². The molecule has 0 bridgehead atoms. The third-order valence-corrected chi connectivity index (χ3v) is 3.41. The van der Waals surface area contributed by atoms with Crippen molar-refractivity contribution in [2.45, 2.75) is 38.3 Å². The fourth-order valence-electron chi connectivity index (χ4n) is 1.43. The summed E-state index contributed by atoms with van der Waals surface area (Å²) >= 11 is 1.32. The minimum atomic E-state index is -0.676. The van der Waals surface area contributed by atoms with Crippen molar-refractivity contribution in [1.82, 2.24) is 5.32 Å². The monoisotopic (exact) mass is 253 g/mol. The van der Waals surface area contributed by atoms with Gasteiger partial charge in [0.25, 0.3) is 5.91 Å². The van der Waals surface area contributed by atoms with E-state index in [4.69, 9.17) is 4.74 Å². The zero-order valence-corrected chi connectivity index (χ0v) is 10.5. The molecule has 0 radical (unpaired) electrons. The predicted octanol–water partition coefficient (Wildman–Crippen LogP) is 1.96. The molecule has 1 aromatic heterocycles. The molecular weight excluding hydrogens is 238 g/mol. The van der Waals surface area contributed by atoms with Gasteiger partial charge in [0, 0.05) is 6.04 Å². The van der Waals surface area contributed by atoms with Gasteiger partial charge in [0.05, 0.1) is 0 Å². The molecule has 1 aromatic rings. The summed E-state index contributed by atoms with van der Waals surface area (Å²) in [6.45, 7) is 1.83. The van der Waals surface area contributed by atoms with Gasteiger partial charge in [0.15, 0.2) is 6.10 Å². The van der Waals surface area contributed by atoms with Crippen molar-refractivity contribution in [3.63, 3.8) is 0 Å². The van der Waals surface area contributed by atoms with E-state index < -0.39 is 12.1 Å². The quantitative estimate of drug-likeness (QED) is 0.816. The maximum absolute atomic E-state index is 11.7. The lowest BCUT2D eigenvalue weighted by atomic mass is 10.2. The van der Waals surface area contributed by atoms with Gasteiger partial charge >= 0.3 is 5.97 Å². The molecule has 0 unspecified atom stereocenters. The van der Waals surface area contributed by atoms with Gasteiger partial charge in [0.2, 0.25) is 0 Å². The summed E-state index contributed by atoms with van der Waals surface area (Å²) < 4.78 is 5.19. The highest BCUT2D eigenvalue weighted by Crippen LogP contribution is 2.19. The molecule has 1 saturated carbocycles. The first-order chi connectivity index (χ1) is 8.20. The van der Waals surface area contributed by atoms with Gasteiger partial charge in [-0.05, 0) is 30.7 Å². The van der Waals surface area contributed by atoms with E-state index in [-0.39, 0.29) is 11.9 Å². The smallest absolute Gasteiger partial charge is 0.349 e. The number of esters is 1. The summed E-state index contributed by atoms with van der Waals surface area (Å²) in [5, 5.41) is 4.65. The zero-order chi connectivity index (χ0) is 12.3. The van der Waals surface area contributed by atoms with E-state index in [1.807, 2.05) is 12.3 Å². The molecule has 1 N–H and O–H groups in total. The first-order valence-electron chi connectivity index (χ1n) is 5.75. The van der Waals surface area contributed by atoms with Gasteiger partial charge in [-0.1, -0.05) is 13.0 Å². The van der Waals surface area contributed by atoms with Crippen LogP contribution in [0.2, 0.25) is 0 Å². The number of carbonyl (C=O) groups excluding carboxylic acids is 2. The molecule has 1 heterocycles. The molecule has 1 aliphatic carbocycles. The fraction of sp³-hybridized carbons (Fsp3) is 0.500. The van der Waals surface area contributed by atoms with Crippen molar-refractivity contribution >= 4 is 23.2 Å². The lowest BCUT2D eigenvalue weighted by Crippen LogP contribution is -2.38. The SMILES string of the molecule is CC[C@H](OC(=O)c1cccs1)C(=O)NC1CC1. The van der Waals surface area contributed by atoms with Crippen molar-refractivity contribution in [1.29, 1.82) is 0 Å². The van der Waals surface area contributed by atoms with Crippen LogP contribution >= 0.6 is 11.3 Å². The molecule has 0 aromatic carbocycles. The molecule has 0 aliphatic heterocycles. The number of hydrogen-bond donors (Lipinski definition) is 1. The molecule has 92 valence electrons. The van der Waals surface area contributed by atoms with Crippen molar-refractivity contribution in [2.24, 2.45) is 0 Å². The van der Waals surface area contributed by atoms with Crippen LogP contribution in [-0.2, 0) is 9.53 Å². The number of hydrogen-bond acceptors (Lipinski definition) is 4. The lowest BCUT2D eigenvalue weighted by molar-refractivity contribution is -0.130. The Kier molecular flexibility index (Phi) is 3.78. The molecule has 17 heavy (non-hydrogen) atoms. The lowest BCUT2D eigenvalue weighted by Gasteiger charge is -2.15.